The fourth-order valence-corrected chi connectivity index (χ4v) is 3.27. The Morgan fingerprint density at radius 2 is 2.17 bits per heavy atom. The number of carbonyl (C=O) groups is 3. The minimum absolute atomic E-state index is 0.123. The summed E-state index contributed by atoms with van der Waals surface area (Å²) < 4.78 is 25.7. The van der Waals surface area contributed by atoms with Crippen molar-refractivity contribution in [3.05, 3.63) is 21.9 Å². The summed E-state index contributed by atoms with van der Waals surface area (Å²) in [5.41, 5.74) is -0.365. The van der Waals surface area contributed by atoms with Gasteiger partial charge < -0.3 is 15.3 Å². The molecule has 2 amide bonds. The Morgan fingerprint density at radius 3 is 2.83 bits per heavy atom. The maximum Gasteiger partial charge on any atom is 0.323 e. The molecule has 0 saturated carbocycles. The zero-order valence-electron chi connectivity index (χ0n) is 12.1. The number of thiophene rings is 1. The second kappa shape index (κ2) is 7.49. The van der Waals surface area contributed by atoms with Crippen molar-refractivity contribution >= 4 is 29.1 Å². The van der Waals surface area contributed by atoms with E-state index >= 15 is 0 Å². The molecule has 6 nitrogen and oxygen atoms in total. The lowest BCUT2D eigenvalue weighted by atomic mass is 10.1. The number of nitrogens with zero attached hydrogens (tertiary/aromatic N) is 1. The van der Waals surface area contributed by atoms with Crippen molar-refractivity contribution in [3.8, 4) is 0 Å². The Morgan fingerprint density at radius 1 is 1.43 bits per heavy atom. The first-order chi connectivity index (χ1) is 10.9. The van der Waals surface area contributed by atoms with Gasteiger partial charge in [-0.1, -0.05) is 0 Å². The molecule has 1 aliphatic heterocycles. The molecule has 2 N–H and O–H groups in total. The summed E-state index contributed by atoms with van der Waals surface area (Å²) in [6, 6.07) is 0.285. The van der Waals surface area contributed by atoms with Crippen molar-refractivity contribution < 1.29 is 28.3 Å². The number of nitrogens with one attached hydrogen (secondary N) is 1. The molecule has 1 unspecified atom stereocenters. The van der Waals surface area contributed by atoms with E-state index in [0.717, 1.165) is 11.3 Å². The fraction of sp³-hybridized carbons (Fsp3) is 0.500. The highest BCUT2D eigenvalue weighted by molar-refractivity contribution is 7.12. The third kappa shape index (κ3) is 4.25. The van der Waals surface area contributed by atoms with Gasteiger partial charge in [-0.15, -0.1) is 11.3 Å². The average molecular weight is 346 g/mol. The van der Waals surface area contributed by atoms with Crippen molar-refractivity contribution in [2.45, 2.75) is 31.7 Å². The molecular weight excluding hydrogens is 330 g/mol. The number of hydrogen-bond donors (Lipinski definition) is 2. The summed E-state index contributed by atoms with van der Waals surface area (Å²) in [5, 5.41) is 12.7. The molecule has 23 heavy (non-hydrogen) atoms. The van der Waals surface area contributed by atoms with Crippen LogP contribution in [0, 0.1) is 0 Å². The van der Waals surface area contributed by atoms with E-state index in [1.807, 2.05) is 0 Å². The molecule has 126 valence electrons. The summed E-state index contributed by atoms with van der Waals surface area (Å²) >= 11 is 0.881. The van der Waals surface area contributed by atoms with Gasteiger partial charge in [0.15, 0.2) is 0 Å². The van der Waals surface area contributed by atoms with Crippen LogP contribution in [0.4, 0.5) is 8.78 Å². The molecule has 0 bridgehead atoms. The third-order valence-corrected chi connectivity index (χ3v) is 4.48. The number of carboxylic acid groups (broad SMARTS) is 1. The highest BCUT2D eigenvalue weighted by atomic mass is 32.1. The van der Waals surface area contributed by atoms with Crippen molar-refractivity contribution in [2.24, 2.45) is 0 Å². The molecule has 9 heteroatoms. The Kier molecular flexibility index (Phi) is 5.64. The molecular formula is C14H16F2N2O4S. The first kappa shape index (κ1) is 17.3. The van der Waals surface area contributed by atoms with Crippen LogP contribution in [0.3, 0.4) is 0 Å². The first-order valence-corrected chi connectivity index (χ1v) is 7.95. The minimum atomic E-state index is -2.77. The second-order valence-corrected chi connectivity index (χ2v) is 6.10. The number of hydrogen-bond acceptors (Lipinski definition) is 4. The highest BCUT2D eigenvalue weighted by Gasteiger charge is 2.30. The van der Waals surface area contributed by atoms with Crippen LogP contribution in [0.25, 0.3) is 0 Å². The van der Waals surface area contributed by atoms with Crippen LogP contribution in [-0.2, 0) is 9.59 Å². The van der Waals surface area contributed by atoms with Crippen LogP contribution >= 0.6 is 11.3 Å². The Hall–Kier alpha value is -2.03. The molecule has 1 saturated heterocycles. The third-order valence-electron chi connectivity index (χ3n) is 3.55. The van der Waals surface area contributed by atoms with Gasteiger partial charge >= 0.3 is 5.97 Å². The quantitative estimate of drug-likeness (QED) is 0.852. The van der Waals surface area contributed by atoms with Crippen molar-refractivity contribution in [2.75, 3.05) is 13.1 Å². The molecule has 1 fully saturated rings. The summed E-state index contributed by atoms with van der Waals surface area (Å²) in [6.07, 6.45) is -1.14. The molecule has 0 aromatic carbocycles. The van der Waals surface area contributed by atoms with E-state index in [-0.39, 0.29) is 10.4 Å². The van der Waals surface area contributed by atoms with Crippen molar-refractivity contribution in [1.82, 2.24) is 10.2 Å². The van der Waals surface area contributed by atoms with E-state index in [0.29, 0.717) is 25.8 Å². The number of carboxylic acids is 1. The number of alkyl halides is 2. The molecule has 1 atom stereocenters. The molecule has 1 aromatic heterocycles. The number of halogens is 2. The van der Waals surface area contributed by atoms with Crippen LogP contribution in [-0.4, -0.2) is 46.9 Å². The van der Waals surface area contributed by atoms with E-state index in [4.69, 9.17) is 5.11 Å². The lowest BCUT2D eigenvalue weighted by Crippen LogP contribution is -2.48. The van der Waals surface area contributed by atoms with Gasteiger partial charge in [-0.05, 0) is 30.7 Å². The fourth-order valence-electron chi connectivity index (χ4n) is 2.46. The number of likely N-dealkylation sites (tertiary alicyclic amines) is 1. The van der Waals surface area contributed by atoms with E-state index in [1.54, 1.807) is 0 Å². The lowest BCUT2D eigenvalue weighted by Gasteiger charge is -2.23. The summed E-state index contributed by atoms with van der Waals surface area (Å²) in [4.78, 5) is 36.3. The highest BCUT2D eigenvalue weighted by Crippen LogP contribution is 2.27. The zero-order valence-corrected chi connectivity index (χ0v) is 12.9. The van der Waals surface area contributed by atoms with Gasteiger partial charge in [0.2, 0.25) is 5.91 Å². The number of rotatable bonds is 5. The largest absolute Gasteiger partial charge is 0.480 e. The number of carbonyl (C=O) groups excluding carboxylic acids is 2. The molecule has 0 aliphatic carbocycles. The average Bonchev–Trinajstić information content (AvgIpc) is 2.91. The van der Waals surface area contributed by atoms with Crippen LogP contribution in [0.15, 0.2) is 11.4 Å². The molecule has 1 aliphatic rings. The van der Waals surface area contributed by atoms with Gasteiger partial charge in [0.05, 0.1) is 0 Å². The van der Waals surface area contributed by atoms with E-state index in [1.165, 1.54) is 16.3 Å². The Labute approximate surface area is 135 Å². The van der Waals surface area contributed by atoms with Gasteiger partial charge in [0.25, 0.3) is 12.3 Å². The van der Waals surface area contributed by atoms with Gasteiger partial charge in [-0.2, -0.15) is 0 Å². The maximum absolute atomic E-state index is 12.8. The Balaban J connectivity index is 2.10. The van der Waals surface area contributed by atoms with Crippen LogP contribution in [0.2, 0.25) is 0 Å². The summed E-state index contributed by atoms with van der Waals surface area (Å²) in [5.74, 6) is -2.36. The molecule has 1 aromatic rings. The number of amides is 2. The van der Waals surface area contributed by atoms with Crippen molar-refractivity contribution in [1.29, 1.82) is 0 Å². The standard InChI is InChI=1S/C14H16F2N2O4S/c15-12(16)8-4-6-23-11(8)13(21)17-9-3-1-2-5-18(14(9)22)7-10(19)20/h4,6,9,12H,1-3,5,7H2,(H,17,21)(H,19,20). The molecule has 2 rings (SSSR count). The zero-order chi connectivity index (χ0) is 17.0. The number of aliphatic carboxylic acids is 1. The SMILES string of the molecule is O=C(O)CN1CCCCC(NC(=O)c2sccc2C(F)F)C1=O. The van der Waals surface area contributed by atoms with E-state index in [2.05, 4.69) is 5.32 Å². The van der Waals surface area contributed by atoms with Crippen LogP contribution < -0.4 is 5.32 Å². The van der Waals surface area contributed by atoms with Crippen LogP contribution in [0.1, 0.15) is 40.9 Å². The summed E-state index contributed by atoms with van der Waals surface area (Å²) in [7, 11) is 0. The van der Waals surface area contributed by atoms with E-state index in [9.17, 15) is 23.2 Å². The second-order valence-electron chi connectivity index (χ2n) is 5.18. The Bertz CT molecular complexity index is 605. The normalized spacial score (nSPS) is 18.8. The van der Waals surface area contributed by atoms with Gasteiger partial charge in [-0.25, -0.2) is 8.78 Å². The molecule has 2 heterocycles. The van der Waals surface area contributed by atoms with Gasteiger partial charge in [0, 0.05) is 12.1 Å². The maximum atomic E-state index is 12.8. The minimum Gasteiger partial charge on any atom is -0.480 e. The smallest absolute Gasteiger partial charge is 0.323 e. The lowest BCUT2D eigenvalue weighted by molar-refractivity contribution is -0.144. The molecule has 0 radical (unpaired) electrons. The summed E-state index contributed by atoms with van der Waals surface area (Å²) in [6.45, 7) is -0.134. The van der Waals surface area contributed by atoms with E-state index < -0.39 is 36.8 Å². The van der Waals surface area contributed by atoms with Gasteiger partial charge in [-0.3, -0.25) is 14.4 Å². The van der Waals surface area contributed by atoms with Crippen molar-refractivity contribution in [3.63, 3.8) is 0 Å². The monoisotopic (exact) mass is 346 g/mol. The van der Waals surface area contributed by atoms with Crippen LogP contribution in [0.5, 0.6) is 0 Å². The van der Waals surface area contributed by atoms with Gasteiger partial charge in [0.1, 0.15) is 17.5 Å². The topological polar surface area (TPSA) is 86.7 Å². The predicted molar refractivity (Wildman–Crippen MR) is 78.6 cm³/mol. The predicted octanol–water partition coefficient (Wildman–Crippen LogP) is 1.88. The molecule has 0 spiro atoms. The first-order valence-electron chi connectivity index (χ1n) is 7.07.